The molecule has 1 heterocycles. The van der Waals surface area contributed by atoms with E-state index in [1.807, 2.05) is 6.07 Å². The molecule has 1 aliphatic heterocycles. The fraction of sp³-hybridized carbons (Fsp3) is 0.571. The van der Waals surface area contributed by atoms with Gasteiger partial charge in [-0.3, -0.25) is 0 Å². The first-order valence-electron chi connectivity index (χ1n) is 6.49. The first kappa shape index (κ1) is 10.8. The largest absolute Gasteiger partial charge is 0.497 e. The van der Waals surface area contributed by atoms with Crippen molar-refractivity contribution in [3.8, 4) is 5.75 Å². The van der Waals surface area contributed by atoms with Crippen molar-refractivity contribution in [2.45, 2.75) is 23.5 Å². The Morgan fingerprint density at radius 3 is 2.89 bits per heavy atom. The average Bonchev–Trinajstić information content (AvgIpc) is 2.71. The van der Waals surface area contributed by atoms with Crippen molar-refractivity contribution in [2.75, 3.05) is 20.7 Å². The lowest BCUT2D eigenvalue weighted by Gasteiger charge is -2.39. The second-order valence-electron chi connectivity index (χ2n) is 6.04. The van der Waals surface area contributed by atoms with Gasteiger partial charge in [-0.25, -0.2) is 0 Å². The molecule has 1 saturated heterocycles. The Bertz CT molecular complexity index is 546. The molecule has 4 rings (SSSR count). The van der Waals surface area contributed by atoms with Gasteiger partial charge in [-0.1, -0.05) is 6.07 Å². The number of nitrogens with zero attached hydrogens (tertiary/aromatic N) is 1. The Labute approximate surface area is 107 Å². The van der Waals surface area contributed by atoms with Gasteiger partial charge in [0.15, 0.2) is 0 Å². The molecule has 1 aromatic rings. The van der Waals surface area contributed by atoms with Crippen LogP contribution in [-0.2, 0) is 12.0 Å². The van der Waals surface area contributed by atoms with E-state index in [0.717, 1.165) is 18.7 Å². The van der Waals surface area contributed by atoms with E-state index in [1.165, 1.54) is 11.1 Å². The second-order valence-corrected chi connectivity index (χ2v) is 6.04. The SMILES string of the molecule is COc1ccc2c(c1)C1(N)C3CN(C)C(C2)C31N. The van der Waals surface area contributed by atoms with E-state index in [9.17, 15) is 0 Å². The Morgan fingerprint density at radius 2 is 2.17 bits per heavy atom. The summed E-state index contributed by atoms with van der Waals surface area (Å²) in [5.41, 5.74) is 15.2. The third-order valence-corrected chi connectivity index (χ3v) is 5.49. The fourth-order valence-electron chi connectivity index (χ4n) is 4.41. The molecule has 4 unspecified atom stereocenters. The van der Waals surface area contributed by atoms with Crippen LogP contribution in [0.1, 0.15) is 11.1 Å². The molecule has 0 bridgehead atoms. The molecule has 4 N–H and O–H groups in total. The molecule has 4 atom stereocenters. The maximum absolute atomic E-state index is 6.66. The number of likely N-dealkylation sites (N-methyl/N-ethyl adjacent to an activating group) is 1. The summed E-state index contributed by atoms with van der Waals surface area (Å²) in [6.45, 7) is 1.01. The molecular weight excluding hydrogens is 226 g/mol. The molecule has 0 aromatic heterocycles. The number of hydrogen-bond acceptors (Lipinski definition) is 4. The summed E-state index contributed by atoms with van der Waals surface area (Å²) in [6, 6.07) is 6.62. The van der Waals surface area contributed by atoms with Gasteiger partial charge in [0.2, 0.25) is 0 Å². The number of methoxy groups -OCH3 is 1. The van der Waals surface area contributed by atoms with Crippen LogP contribution >= 0.6 is 0 Å². The van der Waals surface area contributed by atoms with Gasteiger partial charge in [-0.2, -0.15) is 0 Å². The van der Waals surface area contributed by atoms with Gasteiger partial charge < -0.3 is 21.1 Å². The third-order valence-electron chi connectivity index (χ3n) is 5.49. The molecule has 18 heavy (non-hydrogen) atoms. The van der Waals surface area contributed by atoms with Crippen LogP contribution < -0.4 is 16.2 Å². The standard InChI is InChI=1S/C14H19N3O/c1-17-7-11-13(15)10-6-9(18-2)4-3-8(10)5-12(17)14(11,13)16/h3-4,6,11-12H,5,7,15-16H2,1-2H3. The van der Waals surface area contributed by atoms with E-state index in [1.54, 1.807) is 7.11 Å². The lowest BCUT2D eigenvalue weighted by molar-refractivity contribution is 0.206. The van der Waals surface area contributed by atoms with Crippen molar-refractivity contribution in [1.82, 2.24) is 4.90 Å². The van der Waals surface area contributed by atoms with Gasteiger partial charge in [-0.15, -0.1) is 0 Å². The normalized spacial score (nSPS) is 44.4. The van der Waals surface area contributed by atoms with Crippen LogP contribution in [0.2, 0.25) is 0 Å². The number of nitrogens with two attached hydrogens (primary N) is 2. The topological polar surface area (TPSA) is 64.5 Å². The minimum Gasteiger partial charge on any atom is -0.497 e. The van der Waals surface area contributed by atoms with Crippen LogP contribution in [0.25, 0.3) is 0 Å². The molecule has 4 heteroatoms. The van der Waals surface area contributed by atoms with Crippen molar-refractivity contribution in [3.05, 3.63) is 29.3 Å². The molecule has 3 aliphatic rings. The zero-order valence-electron chi connectivity index (χ0n) is 10.8. The van der Waals surface area contributed by atoms with E-state index in [4.69, 9.17) is 16.2 Å². The zero-order valence-corrected chi connectivity index (χ0v) is 10.8. The van der Waals surface area contributed by atoms with Gasteiger partial charge in [0, 0.05) is 18.5 Å². The van der Waals surface area contributed by atoms with Crippen LogP contribution in [-0.4, -0.2) is 37.2 Å². The predicted molar refractivity (Wildman–Crippen MR) is 69.4 cm³/mol. The number of rotatable bonds is 1. The minimum atomic E-state index is -0.341. The van der Waals surface area contributed by atoms with Gasteiger partial charge in [-0.05, 0) is 36.7 Å². The number of likely N-dealkylation sites (tertiary alicyclic amines) is 1. The van der Waals surface area contributed by atoms with E-state index in [0.29, 0.717) is 12.0 Å². The van der Waals surface area contributed by atoms with E-state index in [-0.39, 0.29) is 11.1 Å². The number of fused-ring (bicyclic) bond motifs is 3. The summed E-state index contributed by atoms with van der Waals surface area (Å²) in [5.74, 6) is 1.26. The molecule has 96 valence electrons. The number of ether oxygens (including phenoxy) is 1. The summed E-state index contributed by atoms with van der Waals surface area (Å²) >= 11 is 0. The zero-order chi connectivity index (χ0) is 12.7. The van der Waals surface area contributed by atoms with Gasteiger partial charge >= 0.3 is 0 Å². The predicted octanol–water partition coefficient (Wildman–Crippen LogP) is 0.0466. The van der Waals surface area contributed by atoms with Crippen molar-refractivity contribution in [3.63, 3.8) is 0 Å². The van der Waals surface area contributed by atoms with Crippen LogP contribution in [0.4, 0.5) is 0 Å². The van der Waals surface area contributed by atoms with E-state index >= 15 is 0 Å². The van der Waals surface area contributed by atoms with Gasteiger partial charge in [0.05, 0.1) is 18.2 Å². The van der Waals surface area contributed by atoms with Crippen molar-refractivity contribution in [2.24, 2.45) is 17.4 Å². The lowest BCUT2D eigenvalue weighted by atomic mass is 9.80. The molecule has 0 amide bonds. The number of hydrogen-bond donors (Lipinski definition) is 2. The second kappa shape index (κ2) is 2.90. The smallest absolute Gasteiger partial charge is 0.119 e. The van der Waals surface area contributed by atoms with Gasteiger partial charge in [0.25, 0.3) is 0 Å². The highest BCUT2D eigenvalue weighted by Crippen LogP contribution is 2.67. The monoisotopic (exact) mass is 245 g/mol. The highest BCUT2D eigenvalue weighted by atomic mass is 16.5. The Balaban J connectivity index is 1.90. The maximum Gasteiger partial charge on any atom is 0.119 e. The first-order valence-corrected chi connectivity index (χ1v) is 6.49. The summed E-state index contributed by atoms with van der Waals surface area (Å²) in [5, 5.41) is 0. The average molecular weight is 245 g/mol. The summed E-state index contributed by atoms with van der Waals surface area (Å²) in [7, 11) is 3.84. The molecule has 1 aromatic carbocycles. The van der Waals surface area contributed by atoms with Crippen LogP contribution in [0, 0.1) is 5.92 Å². The highest BCUT2D eigenvalue weighted by molar-refractivity contribution is 5.57. The van der Waals surface area contributed by atoms with Crippen molar-refractivity contribution in [1.29, 1.82) is 0 Å². The molecule has 1 saturated carbocycles. The third kappa shape index (κ3) is 0.889. The minimum absolute atomic E-state index is 0.235. The Hall–Kier alpha value is -1.10. The van der Waals surface area contributed by atoms with Crippen molar-refractivity contribution >= 4 is 0 Å². The molecular formula is C14H19N3O. The Kier molecular flexibility index (Phi) is 1.74. The highest BCUT2D eigenvalue weighted by Gasteiger charge is 2.82. The fourth-order valence-corrected chi connectivity index (χ4v) is 4.41. The summed E-state index contributed by atoms with van der Waals surface area (Å²) in [6.07, 6.45) is 1.00. The van der Waals surface area contributed by atoms with E-state index in [2.05, 4.69) is 24.1 Å². The molecule has 0 spiro atoms. The summed E-state index contributed by atoms with van der Waals surface area (Å²) < 4.78 is 5.32. The van der Waals surface area contributed by atoms with E-state index < -0.39 is 0 Å². The number of piperidine rings is 1. The Morgan fingerprint density at radius 1 is 1.39 bits per heavy atom. The molecule has 4 nitrogen and oxygen atoms in total. The molecule has 0 radical (unpaired) electrons. The quantitative estimate of drug-likeness (QED) is 0.733. The van der Waals surface area contributed by atoms with Crippen LogP contribution in [0.3, 0.4) is 0 Å². The first-order chi connectivity index (χ1) is 8.53. The van der Waals surface area contributed by atoms with Crippen LogP contribution in [0.5, 0.6) is 5.75 Å². The molecule has 2 aliphatic carbocycles. The van der Waals surface area contributed by atoms with Gasteiger partial charge in [0.1, 0.15) is 5.75 Å². The molecule has 2 fully saturated rings. The van der Waals surface area contributed by atoms with Crippen LogP contribution in [0.15, 0.2) is 18.2 Å². The van der Waals surface area contributed by atoms with Crippen molar-refractivity contribution < 1.29 is 4.74 Å². The lowest BCUT2D eigenvalue weighted by Crippen LogP contribution is -2.57. The maximum atomic E-state index is 6.66. The number of benzene rings is 1. The summed E-state index contributed by atoms with van der Waals surface area (Å²) in [4.78, 5) is 2.36.